The highest BCUT2D eigenvalue weighted by atomic mass is 32.2. The third kappa shape index (κ3) is 3.45. The lowest BCUT2D eigenvalue weighted by atomic mass is 10.1. The van der Waals surface area contributed by atoms with Crippen molar-refractivity contribution in [3.05, 3.63) is 10.5 Å². The molecule has 0 radical (unpaired) electrons. The Bertz CT molecular complexity index is 505. The van der Waals surface area contributed by atoms with Gasteiger partial charge in [-0.1, -0.05) is 18.7 Å². The minimum atomic E-state index is -0.209. The van der Waals surface area contributed by atoms with Crippen molar-refractivity contribution in [1.29, 1.82) is 0 Å². The number of carbonyl (C=O) groups excluding carboxylic acids is 1. The smallest absolute Gasteiger partial charge is 0.342 e. The van der Waals surface area contributed by atoms with Gasteiger partial charge in [-0.05, 0) is 32.6 Å². The van der Waals surface area contributed by atoms with Crippen molar-refractivity contribution in [1.82, 2.24) is 19.7 Å². The molecule has 1 amide bonds. The fourth-order valence-electron chi connectivity index (χ4n) is 2.39. The van der Waals surface area contributed by atoms with Crippen LogP contribution in [0, 0.1) is 0 Å². The van der Waals surface area contributed by atoms with Crippen molar-refractivity contribution in [3.63, 3.8) is 0 Å². The average molecular weight is 298 g/mol. The van der Waals surface area contributed by atoms with E-state index < -0.39 is 0 Å². The summed E-state index contributed by atoms with van der Waals surface area (Å²) in [5, 5.41) is 6.87. The van der Waals surface area contributed by atoms with Gasteiger partial charge in [-0.25, -0.2) is 9.89 Å². The van der Waals surface area contributed by atoms with Crippen LogP contribution in [-0.4, -0.2) is 43.9 Å². The van der Waals surface area contributed by atoms with Crippen LogP contribution in [0.4, 0.5) is 0 Å². The number of thioether (sulfide) groups is 1. The molecule has 0 aromatic carbocycles. The summed E-state index contributed by atoms with van der Waals surface area (Å²) in [6, 6.07) is 0. The van der Waals surface area contributed by atoms with E-state index in [-0.39, 0.29) is 16.8 Å². The zero-order chi connectivity index (χ0) is 14.5. The summed E-state index contributed by atoms with van der Waals surface area (Å²) in [7, 11) is 0. The Hall–Kier alpha value is -1.24. The molecule has 1 N–H and O–H groups in total. The summed E-state index contributed by atoms with van der Waals surface area (Å²) in [4.78, 5) is 25.9. The number of likely N-dealkylation sites (tertiary alicyclic amines) is 1. The molecule has 0 aliphatic carbocycles. The molecule has 1 aromatic heterocycles. The number of amides is 1. The van der Waals surface area contributed by atoms with Crippen LogP contribution in [-0.2, 0) is 11.3 Å². The molecule has 0 unspecified atom stereocenters. The number of aromatic nitrogens is 3. The Balaban J connectivity index is 2.01. The second-order valence-corrected chi connectivity index (χ2v) is 6.42. The molecule has 2 rings (SSSR count). The maximum atomic E-state index is 12.4. The highest BCUT2D eigenvalue weighted by Crippen LogP contribution is 2.23. The van der Waals surface area contributed by atoms with Crippen LogP contribution >= 0.6 is 11.8 Å². The van der Waals surface area contributed by atoms with Crippen LogP contribution in [0.1, 0.15) is 39.5 Å². The molecule has 112 valence electrons. The topological polar surface area (TPSA) is 71.0 Å². The van der Waals surface area contributed by atoms with Gasteiger partial charge in [-0.15, -0.1) is 5.10 Å². The van der Waals surface area contributed by atoms with Crippen LogP contribution in [0.25, 0.3) is 0 Å². The molecule has 0 bridgehead atoms. The summed E-state index contributed by atoms with van der Waals surface area (Å²) in [6.07, 6.45) is 4.25. The number of carbonyl (C=O) groups is 1. The molecule has 1 aliphatic rings. The molecule has 1 aliphatic heterocycles. The lowest BCUT2D eigenvalue weighted by molar-refractivity contribution is -0.131. The first kappa shape index (κ1) is 15.2. The van der Waals surface area contributed by atoms with Crippen LogP contribution in [0.3, 0.4) is 0 Å². The van der Waals surface area contributed by atoms with Gasteiger partial charge < -0.3 is 4.90 Å². The lowest BCUT2D eigenvalue weighted by Gasteiger charge is -2.28. The monoisotopic (exact) mass is 298 g/mol. The van der Waals surface area contributed by atoms with E-state index in [0.717, 1.165) is 32.4 Å². The fraction of sp³-hybridized carbons (Fsp3) is 0.769. The van der Waals surface area contributed by atoms with E-state index in [0.29, 0.717) is 11.7 Å². The van der Waals surface area contributed by atoms with Crippen molar-refractivity contribution in [2.75, 3.05) is 13.1 Å². The van der Waals surface area contributed by atoms with Gasteiger partial charge in [0.15, 0.2) is 5.16 Å². The molecule has 7 heteroatoms. The van der Waals surface area contributed by atoms with Crippen molar-refractivity contribution < 1.29 is 4.79 Å². The minimum absolute atomic E-state index is 0.146. The Morgan fingerprint density at radius 2 is 2.10 bits per heavy atom. The number of hydrogen-bond donors (Lipinski definition) is 1. The Morgan fingerprint density at radius 3 is 2.75 bits per heavy atom. The number of nitrogens with one attached hydrogen (secondary N) is 1. The summed E-state index contributed by atoms with van der Waals surface area (Å²) in [5.41, 5.74) is -0.202. The number of rotatable bonds is 5. The minimum Gasteiger partial charge on any atom is -0.342 e. The Kier molecular flexibility index (Phi) is 5.28. The number of piperidine rings is 1. The second-order valence-electron chi connectivity index (χ2n) is 5.11. The summed E-state index contributed by atoms with van der Waals surface area (Å²) in [5.74, 6) is 0.146. The van der Waals surface area contributed by atoms with Gasteiger partial charge in [0.1, 0.15) is 0 Å². The van der Waals surface area contributed by atoms with Crippen molar-refractivity contribution in [3.8, 4) is 0 Å². The molecule has 20 heavy (non-hydrogen) atoms. The Labute approximate surface area is 122 Å². The maximum absolute atomic E-state index is 12.4. The van der Waals surface area contributed by atoms with Crippen molar-refractivity contribution in [2.45, 2.75) is 56.5 Å². The van der Waals surface area contributed by atoms with Gasteiger partial charge in [-0.2, -0.15) is 0 Å². The van der Waals surface area contributed by atoms with E-state index in [2.05, 4.69) is 10.2 Å². The highest BCUT2D eigenvalue weighted by molar-refractivity contribution is 8.00. The second kappa shape index (κ2) is 6.97. The van der Waals surface area contributed by atoms with E-state index in [9.17, 15) is 9.59 Å². The van der Waals surface area contributed by atoms with Crippen LogP contribution < -0.4 is 5.69 Å². The van der Waals surface area contributed by atoms with E-state index in [1.807, 2.05) is 18.7 Å². The summed E-state index contributed by atoms with van der Waals surface area (Å²) >= 11 is 1.36. The molecule has 0 saturated carbocycles. The van der Waals surface area contributed by atoms with Crippen LogP contribution in [0.2, 0.25) is 0 Å². The normalized spacial score (nSPS) is 17.2. The first-order chi connectivity index (χ1) is 9.63. The number of aromatic amines is 1. The predicted octanol–water partition coefficient (Wildman–Crippen LogP) is 1.47. The number of hydrogen-bond acceptors (Lipinski definition) is 4. The third-order valence-electron chi connectivity index (χ3n) is 3.47. The zero-order valence-corrected chi connectivity index (χ0v) is 12.9. The van der Waals surface area contributed by atoms with Crippen LogP contribution in [0.5, 0.6) is 0 Å². The average Bonchev–Trinajstić information content (AvgIpc) is 2.81. The van der Waals surface area contributed by atoms with Gasteiger partial charge >= 0.3 is 5.69 Å². The van der Waals surface area contributed by atoms with Gasteiger partial charge in [0, 0.05) is 19.6 Å². The molecule has 1 fully saturated rings. The molecule has 1 aromatic rings. The van der Waals surface area contributed by atoms with Crippen LogP contribution in [0.15, 0.2) is 9.95 Å². The van der Waals surface area contributed by atoms with E-state index in [1.165, 1.54) is 18.2 Å². The lowest BCUT2D eigenvalue weighted by Crippen LogP contribution is -2.40. The molecular formula is C13H22N4O2S. The van der Waals surface area contributed by atoms with Gasteiger partial charge in [0.2, 0.25) is 5.91 Å². The predicted molar refractivity (Wildman–Crippen MR) is 78.9 cm³/mol. The SMILES string of the molecule is CCCn1c(S[C@H](C)C(=O)N2CCCCC2)n[nH]c1=O. The van der Waals surface area contributed by atoms with E-state index in [1.54, 1.807) is 4.57 Å². The molecular weight excluding hydrogens is 276 g/mol. The molecule has 2 heterocycles. The van der Waals surface area contributed by atoms with Gasteiger partial charge in [0.25, 0.3) is 0 Å². The van der Waals surface area contributed by atoms with Gasteiger partial charge in [-0.3, -0.25) is 9.36 Å². The summed E-state index contributed by atoms with van der Waals surface area (Å²) < 4.78 is 1.60. The molecule has 0 spiro atoms. The molecule has 6 nitrogen and oxygen atoms in total. The maximum Gasteiger partial charge on any atom is 0.343 e. The first-order valence-electron chi connectivity index (χ1n) is 7.24. The van der Waals surface area contributed by atoms with Crippen molar-refractivity contribution >= 4 is 17.7 Å². The van der Waals surface area contributed by atoms with E-state index in [4.69, 9.17) is 0 Å². The third-order valence-corrected chi connectivity index (χ3v) is 4.55. The highest BCUT2D eigenvalue weighted by Gasteiger charge is 2.24. The molecule has 1 saturated heterocycles. The number of H-pyrrole nitrogens is 1. The summed E-state index contributed by atoms with van der Waals surface area (Å²) in [6.45, 7) is 6.23. The molecule has 1 atom stereocenters. The number of nitrogens with zero attached hydrogens (tertiary/aromatic N) is 3. The fourth-order valence-corrected chi connectivity index (χ4v) is 3.36. The van der Waals surface area contributed by atoms with Crippen molar-refractivity contribution in [2.24, 2.45) is 0 Å². The Morgan fingerprint density at radius 1 is 1.40 bits per heavy atom. The van der Waals surface area contributed by atoms with Gasteiger partial charge in [0.05, 0.1) is 5.25 Å². The first-order valence-corrected chi connectivity index (χ1v) is 8.12. The zero-order valence-electron chi connectivity index (χ0n) is 12.1. The quantitative estimate of drug-likeness (QED) is 0.836. The standard InChI is InChI=1S/C13H22N4O2S/c1-3-7-17-12(19)14-15-13(17)20-10(2)11(18)16-8-5-4-6-9-16/h10H,3-9H2,1-2H3,(H,14,19)/t10-/m1/s1. The largest absolute Gasteiger partial charge is 0.343 e. The van der Waals surface area contributed by atoms with E-state index >= 15 is 0 Å².